The van der Waals surface area contributed by atoms with Crippen molar-refractivity contribution >= 4 is 11.6 Å². The molecule has 0 aliphatic heterocycles. The van der Waals surface area contributed by atoms with E-state index in [0.717, 1.165) is 12.5 Å². The summed E-state index contributed by atoms with van der Waals surface area (Å²) in [5, 5.41) is 0.149. The third-order valence-electron chi connectivity index (χ3n) is 4.08. The Bertz CT molecular complexity index is 766. The molecule has 0 spiro atoms. The fraction of sp³-hybridized carbons (Fsp3) is 0.444. The van der Waals surface area contributed by atoms with E-state index in [-0.39, 0.29) is 16.5 Å². The zero-order valence-corrected chi connectivity index (χ0v) is 15.5. The number of rotatable bonds is 6. The van der Waals surface area contributed by atoms with Gasteiger partial charge in [0.1, 0.15) is 22.8 Å². The Morgan fingerprint density at radius 1 is 1.19 bits per heavy atom. The average molecular weight is 388 g/mol. The summed E-state index contributed by atoms with van der Waals surface area (Å²) >= 11 is 5.80. The van der Waals surface area contributed by atoms with E-state index in [1.807, 2.05) is 6.92 Å². The van der Waals surface area contributed by atoms with E-state index in [1.54, 1.807) is 13.8 Å². The second-order valence-electron chi connectivity index (χ2n) is 6.54. The number of nitrogens with two attached hydrogens (primary N) is 1. The van der Waals surface area contributed by atoms with Crippen LogP contribution in [0.25, 0.3) is 11.3 Å². The minimum atomic E-state index is -4.59. The molecule has 2 rings (SSSR count). The zero-order chi connectivity index (χ0) is 19.5. The number of benzene rings is 1. The number of halogens is 4. The van der Waals surface area contributed by atoms with Crippen molar-refractivity contribution in [3.63, 3.8) is 0 Å². The molecule has 0 radical (unpaired) electrons. The topological polar surface area (TPSA) is 61.0 Å². The molecule has 0 aliphatic rings. The summed E-state index contributed by atoms with van der Waals surface area (Å²) in [6.45, 7) is 5.33. The summed E-state index contributed by atoms with van der Waals surface area (Å²) in [5.74, 6) is -0.266. The van der Waals surface area contributed by atoms with Gasteiger partial charge in [-0.25, -0.2) is 9.97 Å². The lowest BCUT2D eigenvalue weighted by Crippen LogP contribution is -2.47. The van der Waals surface area contributed by atoms with E-state index < -0.39 is 23.4 Å². The van der Waals surface area contributed by atoms with Gasteiger partial charge in [0.2, 0.25) is 0 Å². The van der Waals surface area contributed by atoms with Crippen LogP contribution in [0, 0.1) is 0 Å². The molecule has 26 heavy (non-hydrogen) atoms. The molecule has 142 valence electrons. The standard InChI is InChI=1S/C18H21ClF3N3O/c1-4-5-15(23)17(2,3)26-14-7-6-11(8-12(14)18(20,21)22)13-9-16(19)25-10-24-13/h6-10,15H,4-5,23H2,1-3H3/t15-/m0/s1. The molecule has 8 heteroatoms. The first kappa shape index (κ1) is 20.5. The molecule has 2 N–H and O–H groups in total. The number of ether oxygens (including phenoxy) is 1. The molecule has 1 atom stereocenters. The van der Waals surface area contributed by atoms with Crippen molar-refractivity contribution in [2.45, 2.75) is 51.4 Å². The predicted molar refractivity (Wildman–Crippen MR) is 95.1 cm³/mol. The lowest BCUT2D eigenvalue weighted by Gasteiger charge is -2.33. The highest BCUT2D eigenvalue weighted by molar-refractivity contribution is 6.29. The molecule has 0 bridgehead atoms. The molecule has 0 unspecified atom stereocenters. The van der Waals surface area contributed by atoms with Crippen molar-refractivity contribution in [1.29, 1.82) is 0 Å². The summed E-state index contributed by atoms with van der Waals surface area (Å²) in [4.78, 5) is 7.70. The summed E-state index contributed by atoms with van der Waals surface area (Å²) in [5.41, 5.74) is 4.80. The van der Waals surface area contributed by atoms with Crippen molar-refractivity contribution in [3.05, 3.63) is 41.3 Å². The monoisotopic (exact) mass is 387 g/mol. The van der Waals surface area contributed by atoms with E-state index in [0.29, 0.717) is 12.1 Å². The molecular formula is C18H21ClF3N3O. The number of hydrogen-bond acceptors (Lipinski definition) is 4. The van der Waals surface area contributed by atoms with Crippen molar-refractivity contribution < 1.29 is 17.9 Å². The second-order valence-corrected chi connectivity index (χ2v) is 6.92. The van der Waals surface area contributed by atoms with Crippen LogP contribution in [0.4, 0.5) is 13.2 Å². The molecular weight excluding hydrogens is 367 g/mol. The van der Waals surface area contributed by atoms with Gasteiger partial charge in [0.05, 0.1) is 11.3 Å². The first-order chi connectivity index (χ1) is 12.0. The van der Waals surface area contributed by atoms with Crippen LogP contribution in [0.5, 0.6) is 5.75 Å². The van der Waals surface area contributed by atoms with Gasteiger partial charge in [0, 0.05) is 17.7 Å². The van der Waals surface area contributed by atoms with E-state index in [1.165, 1.54) is 24.5 Å². The summed E-state index contributed by atoms with van der Waals surface area (Å²) < 4.78 is 46.4. The first-order valence-corrected chi connectivity index (χ1v) is 8.56. The van der Waals surface area contributed by atoms with Gasteiger partial charge in [-0.05, 0) is 38.5 Å². The van der Waals surface area contributed by atoms with Crippen molar-refractivity contribution in [2.75, 3.05) is 0 Å². The maximum absolute atomic E-state index is 13.6. The summed E-state index contributed by atoms with van der Waals surface area (Å²) in [6.07, 6.45) is -1.94. The van der Waals surface area contributed by atoms with Crippen molar-refractivity contribution in [1.82, 2.24) is 9.97 Å². The van der Waals surface area contributed by atoms with Gasteiger partial charge in [0.25, 0.3) is 0 Å². The highest BCUT2D eigenvalue weighted by Gasteiger charge is 2.37. The van der Waals surface area contributed by atoms with Crippen LogP contribution in [0.3, 0.4) is 0 Å². The van der Waals surface area contributed by atoms with Crippen molar-refractivity contribution in [2.24, 2.45) is 5.73 Å². The average Bonchev–Trinajstić information content (AvgIpc) is 2.54. The summed E-state index contributed by atoms with van der Waals surface area (Å²) in [6, 6.07) is 4.79. The Balaban J connectivity index is 2.44. The van der Waals surface area contributed by atoms with Crippen LogP contribution < -0.4 is 10.5 Å². The number of aromatic nitrogens is 2. The van der Waals surface area contributed by atoms with E-state index in [4.69, 9.17) is 22.1 Å². The molecule has 0 saturated heterocycles. The Morgan fingerprint density at radius 2 is 1.88 bits per heavy atom. The Morgan fingerprint density at radius 3 is 2.46 bits per heavy atom. The highest BCUT2D eigenvalue weighted by Crippen LogP contribution is 2.40. The minimum Gasteiger partial charge on any atom is -0.486 e. The number of nitrogens with zero attached hydrogens (tertiary/aromatic N) is 2. The molecule has 4 nitrogen and oxygen atoms in total. The van der Waals surface area contributed by atoms with Gasteiger partial charge in [-0.3, -0.25) is 0 Å². The second kappa shape index (κ2) is 7.80. The first-order valence-electron chi connectivity index (χ1n) is 8.18. The molecule has 1 aromatic carbocycles. The summed E-state index contributed by atoms with van der Waals surface area (Å²) in [7, 11) is 0. The molecule has 0 amide bonds. The molecule has 0 saturated carbocycles. The van der Waals surface area contributed by atoms with Crippen LogP contribution in [0.1, 0.15) is 39.2 Å². The predicted octanol–water partition coefficient (Wildman–Crippen LogP) is 5.10. The van der Waals surface area contributed by atoms with Gasteiger partial charge < -0.3 is 10.5 Å². The SMILES string of the molecule is CCC[C@H](N)C(C)(C)Oc1ccc(-c2cc(Cl)ncn2)cc1C(F)(F)F. The number of alkyl halides is 3. The molecule has 2 aromatic rings. The fourth-order valence-electron chi connectivity index (χ4n) is 2.51. The lowest BCUT2D eigenvalue weighted by molar-refractivity contribution is -0.140. The van der Waals surface area contributed by atoms with Crippen LogP contribution in [0.2, 0.25) is 5.15 Å². The fourth-order valence-corrected chi connectivity index (χ4v) is 2.66. The quantitative estimate of drug-likeness (QED) is 0.700. The lowest BCUT2D eigenvalue weighted by atomic mass is 9.95. The normalized spacial score (nSPS) is 13.5. The van der Waals surface area contributed by atoms with Crippen LogP contribution in [-0.2, 0) is 6.18 Å². The van der Waals surface area contributed by atoms with Gasteiger partial charge in [-0.1, -0.05) is 24.9 Å². The zero-order valence-electron chi connectivity index (χ0n) is 14.8. The largest absolute Gasteiger partial charge is 0.486 e. The minimum absolute atomic E-state index is 0.149. The Hall–Kier alpha value is -1.86. The van der Waals surface area contributed by atoms with Crippen LogP contribution in [-0.4, -0.2) is 21.6 Å². The van der Waals surface area contributed by atoms with E-state index in [9.17, 15) is 13.2 Å². The molecule has 0 fully saturated rings. The highest BCUT2D eigenvalue weighted by atomic mass is 35.5. The third-order valence-corrected chi connectivity index (χ3v) is 4.29. The Kier molecular flexibility index (Phi) is 6.13. The smallest absolute Gasteiger partial charge is 0.419 e. The maximum atomic E-state index is 13.6. The number of hydrogen-bond donors (Lipinski definition) is 1. The van der Waals surface area contributed by atoms with Crippen LogP contribution >= 0.6 is 11.6 Å². The maximum Gasteiger partial charge on any atom is 0.419 e. The van der Waals surface area contributed by atoms with Gasteiger partial charge in [0.15, 0.2) is 0 Å². The van der Waals surface area contributed by atoms with E-state index in [2.05, 4.69) is 9.97 Å². The van der Waals surface area contributed by atoms with Crippen molar-refractivity contribution in [3.8, 4) is 17.0 Å². The third kappa shape index (κ3) is 4.86. The van der Waals surface area contributed by atoms with Gasteiger partial charge in [-0.15, -0.1) is 0 Å². The Labute approximate surface area is 155 Å². The molecule has 1 heterocycles. The molecule has 1 aromatic heterocycles. The molecule has 0 aliphatic carbocycles. The van der Waals surface area contributed by atoms with Crippen LogP contribution in [0.15, 0.2) is 30.6 Å². The van der Waals surface area contributed by atoms with Gasteiger partial charge >= 0.3 is 6.18 Å². The van der Waals surface area contributed by atoms with E-state index >= 15 is 0 Å². The van der Waals surface area contributed by atoms with Gasteiger partial charge in [-0.2, -0.15) is 13.2 Å².